The van der Waals surface area contributed by atoms with Gasteiger partial charge in [-0.2, -0.15) is 0 Å². The number of amides is 1. The van der Waals surface area contributed by atoms with Crippen molar-refractivity contribution in [3.05, 3.63) is 70.8 Å². The second-order valence-corrected chi connectivity index (χ2v) is 6.09. The van der Waals surface area contributed by atoms with E-state index in [0.717, 1.165) is 22.3 Å². The van der Waals surface area contributed by atoms with E-state index in [-0.39, 0.29) is 5.78 Å². The zero-order chi connectivity index (χ0) is 16.4. The van der Waals surface area contributed by atoms with Crippen LogP contribution in [-0.2, 0) is 22.4 Å². The quantitative estimate of drug-likeness (QED) is 0.905. The van der Waals surface area contributed by atoms with E-state index in [2.05, 4.69) is 5.32 Å². The van der Waals surface area contributed by atoms with Crippen LogP contribution in [0.15, 0.2) is 48.5 Å². The maximum atomic E-state index is 12.8. The summed E-state index contributed by atoms with van der Waals surface area (Å²) in [4.78, 5) is 24.4. The zero-order valence-corrected chi connectivity index (χ0v) is 13.1. The fraction of sp³-hybridized carbons (Fsp3) is 0.263. The molecule has 118 valence electrons. The van der Waals surface area contributed by atoms with E-state index in [1.807, 2.05) is 55.5 Å². The van der Waals surface area contributed by atoms with Crippen molar-refractivity contribution in [1.29, 1.82) is 0 Å². The van der Waals surface area contributed by atoms with Gasteiger partial charge in [-0.05, 0) is 30.0 Å². The summed E-state index contributed by atoms with van der Waals surface area (Å²) in [7, 11) is 0. The Bertz CT molecular complexity index is 755. The topological polar surface area (TPSA) is 72.2 Å². The second-order valence-electron chi connectivity index (χ2n) is 6.09. The standard InChI is InChI=1S/C19H20N2O2/c1-12-5-4-6-13(9-12)10-17(22)18-15-8-3-2-7-14(15)11-16(21-18)19(20)23/h2-9,16,18,21H,10-11H2,1H3,(H2,20,23). The number of primary amides is 1. The molecule has 1 aliphatic rings. The smallest absolute Gasteiger partial charge is 0.234 e. The molecule has 1 heterocycles. The van der Waals surface area contributed by atoms with E-state index in [1.54, 1.807) is 0 Å². The van der Waals surface area contributed by atoms with E-state index in [4.69, 9.17) is 5.73 Å². The van der Waals surface area contributed by atoms with Crippen molar-refractivity contribution in [2.75, 3.05) is 0 Å². The minimum atomic E-state index is -0.503. The fourth-order valence-electron chi connectivity index (χ4n) is 3.15. The van der Waals surface area contributed by atoms with Crippen LogP contribution in [0.1, 0.15) is 28.3 Å². The number of nitrogens with two attached hydrogens (primary N) is 1. The van der Waals surface area contributed by atoms with Crippen molar-refractivity contribution in [3.63, 3.8) is 0 Å². The van der Waals surface area contributed by atoms with E-state index < -0.39 is 18.0 Å². The van der Waals surface area contributed by atoms with Gasteiger partial charge in [0.2, 0.25) is 5.91 Å². The summed E-state index contributed by atoms with van der Waals surface area (Å²) in [5.74, 6) is -0.373. The third-order valence-corrected chi connectivity index (χ3v) is 4.28. The lowest BCUT2D eigenvalue weighted by Gasteiger charge is -2.31. The minimum absolute atomic E-state index is 0.0500. The number of hydrogen-bond acceptors (Lipinski definition) is 3. The molecule has 23 heavy (non-hydrogen) atoms. The van der Waals surface area contributed by atoms with Gasteiger partial charge < -0.3 is 5.73 Å². The number of nitrogens with one attached hydrogen (secondary N) is 1. The Morgan fingerprint density at radius 2 is 1.96 bits per heavy atom. The van der Waals surface area contributed by atoms with Gasteiger partial charge in [-0.3, -0.25) is 14.9 Å². The number of rotatable bonds is 4. The number of carbonyl (C=O) groups is 2. The van der Waals surface area contributed by atoms with Crippen LogP contribution in [0.2, 0.25) is 0 Å². The summed E-state index contributed by atoms with van der Waals surface area (Å²) in [6.07, 6.45) is 0.860. The van der Waals surface area contributed by atoms with Crippen molar-refractivity contribution in [1.82, 2.24) is 5.32 Å². The Morgan fingerprint density at radius 3 is 2.70 bits per heavy atom. The van der Waals surface area contributed by atoms with Crippen molar-refractivity contribution in [3.8, 4) is 0 Å². The van der Waals surface area contributed by atoms with E-state index in [0.29, 0.717) is 12.8 Å². The largest absolute Gasteiger partial charge is 0.368 e. The fourth-order valence-corrected chi connectivity index (χ4v) is 3.15. The maximum absolute atomic E-state index is 12.8. The molecule has 3 N–H and O–H groups in total. The number of carbonyl (C=O) groups excluding carboxylic acids is 2. The normalized spacial score (nSPS) is 19.9. The van der Waals surface area contributed by atoms with Gasteiger partial charge in [0.25, 0.3) is 0 Å². The SMILES string of the molecule is Cc1cccc(CC(=O)C2NC(C(N)=O)Cc3ccccc32)c1. The van der Waals surface area contributed by atoms with Gasteiger partial charge in [0, 0.05) is 6.42 Å². The van der Waals surface area contributed by atoms with Crippen LogP contribution in [-0.4, -0.2) is 17.7 Å². The molecule has 0 radical (unpaired) electrons. The van der Waals surface area contributed by atoms with E-state index in [1.165, 1.54) is 0 Å². The van der Waals surface area contributed by atoms with Crippen molar-refractivity contribution in [2.45, 2.75) is 31.8 Å². The zero-order valence-electron chi connectivity index (χ0n) is 13.1. The molecule has 0 saturated heterocycles. The molecule has 4 heteroatoms. The Morgan fingerprint density at radius 1 is 1.17 bits per heavy atom. The number of hydrogen-bond donors (Lipinski definition) is 2. The highest BCUT2D eigenvalue weighted by atomic mass is 16.1. The van der Waals surface area contributed by atoms with Gasteiger partial charge >= 0.3 is 0 Å². The highest BCUT2D eigenvalue weighted by molar-refractivity contribution is 5.90. The van der Waals surface area contributed by atoms with Crippen molar-refractivity contribution >= 4 is 11.7 Å². The lowest BCUT2D eigenvalue weighted by atomic mass is 9.86. The van der Waals surface area contributed by atoms with Gasteiger partial charge in [0.05, 0.1) is 12.1 Å². The minimum Gasteiger partial charge on any atom is -0.368 e. The van der Waals surface area contributed by atoms with Crippen molar-refractivity contribution < 1.29 is 9.59 Å². The van der Waals surface area contributed by atoms with Crippen LogP contribution in [0, 0.1) is 6.92 Å². The lowest BCUT2D eigenvalue weighted by molar-refractivity contribution is -0.123. The Kier molecular flexibility index (Phi) is 4.26. The first-order valence-electron chi connectivity index (χ1n) is 7.76. The number of benzene rings is 2. The second kappa shape index (κ2) is 6.34. The molecule has 0 saturated carbocycles. The summed E-state index contributed by atoms with van der Waals surface area (Å²) in [6, 6.07) is 14.7. The molecule has 0 spiro atoms. The number of Topliss-reactive ketones (excluding diaryl/α,β-unsaturated/α-hetero) is 1. The molecule has 1 amide bonds. The molecule has 0 bridgehead atoms. The molecule has 2 atom stereocenters. The molecule has 0 aliphatic carbocycles. The number of ketones is 1. The first-order chi connectivity index (χ1) is 11.0. The molecule has 4 nitrogen and oxygen atoms in total. The summed E-state index contributed by atoms with van der Waals surface area (Å²) < 4.78 is 0. The Hall–Kier alpha value is -2.46. The van der Waals surface area contributed by atoms with Gasteiger partial charge in [-0.1, -0.05) is 54.1 Å². The molecule has 2 aromatic rings. The number of fused-ring (bicyclic) bond motifs is 1. The predicted molar refractivity (Wildman–Crippen MR) is 88.9 cm³/mol. The average molecular weight is 308 g/mol. The van der Waals surface area contributed by atoms with E-state index in [9.17, 15) is 9.59 Å². The maximum Gasteiger partial charge on any atom is 0.234 e. The monoisotopic (exact) mass is 308 g/mol. The average Bonchev–Trinajstić information content (AvgIpc) is 2.53. The summed E-state index contributed by atoms with van der Waals surface area (Å²) in [5.41, 5.74) is 9.51. The Labute approximate surface area is 135 Å². The van der Waals surface area contributed by atoms with Gasteiger partial charge in [0.15, 0.2) is 5.78 Å². The molecule has 1 aliphatic heterocycles. The van der Waals surface area contributed by atoms with Gasteiger partial charge in [0.1, 0.15) is 0 Å². The van der Waals surface area contributed by atoms with Crippen LogP contribution in [0.4, 0.5) is 0 Å². The molecule has 3 rings (SSSR count). The third kappa shape index (κ3) is 3.32. The van der Waals surface area contributed by atoms with Crippen LogP contribution < -0.4 is 11.1 Å². The van der Waals surface area contributed by atoms with Crippen LogP contribution >= 0.6 is 0 Å². The summed E-state index contributed by atoms with van der Waals surface area (Å²) in [5, 5.41) is 3.12. The van der Waals surface area contributed by atoms with Crippen LogP contribution in [0.25, 0.3) is 0 Å². The molecular weight excluding hydrogens is 288 g/mol. The summed E-state index contributed by atoms with van der Waals surface area (Å²) >= 11 is 0. The number of aryl methyl sites for hydroxylation is 1. The highest BCUT2D eigenvalue weighted by Gasteiger charge is 2.32. The van der Waals surface area contributed by atoms with Crippen molar-refractivity contribution in [2.24, 2.45) is 5.73 Å². The molecule has 0 aromatic heterocycles. The Balaban J connectivity index is 1.88. The first-order valence-corrected chi connectivity index (χ1v) is 7.76. The molecule has 2 unspecified atom stereocenters. The first kappa shape index (κ1) is 15.4. The van der Waals surface area contributed by atoms with Gasteiger partial charge in [-0.25, -0.2) is 0 Å². The van der Waals surface area contributed by atoms with Crippen LogP contribution in [0.3, 0.4) is 0 Å². The van der Waals surface area contributed by atoms with Gasteiger partial charge in [-0.15, -0.1) is 0 Å². The summed E-state index contributed by atoms with van der Waals surface area (Å²) in [6.45, 7) is 2.01. The molecule has 0 fully saturated rings. The molecule has 2 aromatic carbocycles. The lowest BCUT2D eigenvalue weighted by Crippen LogP contribution is -2.50. The van der Waals surface area contributed by atoms with Crippen LogP contribution in [0.5, 0.6) is 0 Å². The van der Waals surface area contributed by atoms with E-state index >= 15 is 0 Å². The highest BCUT2D eigenvalue weighted by Crippen LogP contribution is 2.27. The predicted octanol–water partition coefficient (Wildman–Crippen LogP) is 1.85. The molecular formula is C19H20N2O2. The third-order valence-electron chi connectivity index (χ3n) is 4.28.